The molecule has 3 heterocycles. The monoisotopic (exact) mass is 300 g/mol. The van der Waals surface area contributed by atoms with Gasteiger partial charge in [-0.05, 0) is 32.9 Å². The molecule has 0 N–H and O–H groups in total. The number of aromatic nitrogens is 3. The highest BCUT2D eigenvalue weighted by molar-refractivity contribution is 5.68. The van der Waals surface area contributed by atoms with E-state index in [1.54, 1.807) is 17.3 Å². The summed E-state index contributed by atoms with van der Waals surface area (Å²) in [7, 11) is 0. The first-order valence-electron chi connectivity index (χ1n) is 7.37. The maximum Gasteiger partial charge on any atom is 0.410 e. The molecule has 0 aromatic carbocycles. The van der Waals surface area contributed by atoms with E-state index in [1.165, 1.54) is 0 Å². The van der Waals surface area contributed by atoms with Gasteiger partial charge in [-0.3, -0.25) is 9.88 Å². The Morgan fingerprint density at radius 3 is 2.82 bits per heavy atom. The summed E-state index contributed by atoms with van der Waals surface area (Å²) in [5.74, 6) is 0.871. The summed E-state index contributed by atoms with van der Waals surface area (Å²) in [5, 5.41) is 0. The topological polar surface area (TPSA) is 60.2 Å². The van der Waals surface area contributed by atoms with Crippen LogP contribution >= 0.6 is 0 Å². The molecule has 6 nitrogen and oxygen atoms in total. The molecule has 1 amide bonds. The molecule has 2 aromatic rings. The average molecular weight is 300 g/mol. The van der Waals surface area contributed by atoms with Gasteiger partial charge in [-0.15, -0.1) is 0 Å². The average Bonchev–Trinajstić information content (AvgIpc) is 2.89. The minimum atomic E-state index is -0.481. The Labute approximate surface area is 129 Å². The molecule has 0 fully saturated rings. The van der Waals surface area contributed by atoms with Crippen LogP contribution in [0.5, 0.6) is 0 Å². The van der Waals surface area contributed by atoms with E-state index in [1.807, 2.05) is 39.1 Å². The molecule has 22 heavy (non-hydrogen) atoms. The molecule has 6 heteroatoms. The van der Waals surface area contributed by atoms with Crippen molar-refractivity contribution in [3.8, 4) is 11.3 Å². The summed E-state index contributed by atoms with van der Waals surface area (Å²) in [6.45, 7) is 7.44. The first-order chi connectivity index (χ1) is 10.4. The van der Waals surface area contributed by atoms with Gasteiger partial charge in [0.25, 0.3) is 0 Å². The lowest BCUT2D eigenvalue weighted by atomic mass is 10.2. The maximum atomic E-state index is 12.2. The van der Waals surface area contributed by atoms with Crippen molar-refractivity contribution in [2.45, 2.75) is 39.5 Å². The minimum Gasteiger partial charge on any atom is -0.444 e. The van der Waals surface area contributed by atoms with Crippen molar-refractivity contribution in [2.24, 2.45) is 0 Å². The Balaban J connectivity index is 1.77. The van der Waals surface area contributed by atoms with Crippen LogP contribution in [0.2, 0.25) is 0 Å². The number of pyridine rings is 1. The molecular weight excluding hydrogens is 280 g/mol. The molecule has 0 bridgehead atoms. The number of ether oxygens (including phenoxy) is 1. The normalized spacial score (nSPS) is 14.6. The Hall–Kier alpha value is -2.37. The third-order valence-electron chi connectivity index (χ3n) is 3.41. The first-order valence-corrected chi connectivity index (χ1v) is 7.37. The Kier molecular flexibility index (Phi) is 3.60. The van der Waals surface area contributed by atoms with Gasteiger partial charge in [-0.25, -0.2) is 9.78 Å². The smallest absolute Gasteiger partial charge is 0.410 e. The molecule has 0 saturated heterocycles. The SMILES string of the molecule is CC(C)(C)OC(=O)N1CCn2cc(-c3cccnc3)nc2C1. The summed E-state index contributed by atoms with van der Waals surface area (Å²) >= 11 is 0. The number of hydrogen-bond acceptors (Lipinski definition) is 4. The van der Waals surface area contributed by atoms with Gasteiger partial charge >= 0.3 is 6.09 Å². The molecule has 0 atom stereocenters. The first kappa shape index (κ1) is 14.6. The number of rotatable bonds is 1. The lowest BCUT2D eigenvalue weighted by Crippen LogP contribution is -2.41. The van der Waals surface area contributed by atoms with Gasteiger partial charge < -0.3 is 9.30 Å². The van der Waals surface area contributed by atoms with Crippen molar-refractivity contribution in [1.82, 2.24) is 19.4 Å². The van der Waals surface area contributed by atoms with E-state index in [4.69, 9.17) is 4.74 Å². The van der Waals surface area contributed by atoms with Gasteiger partial charge in [-0.1, -0.05) is 0 Å². The number of amides is 1. The van der Waals surface area contributed by atoms with E-state index in [9.17, 15) is 4.79 Å². The van der Waals surface area contributed by atoms with E-state index >= 15 is 0 Å². The Bertz CT molecular complexity index is 673. The molecule has 0 unspecified atom stereocenters. The molecule has 0 aliphatic carbocycles. The highest BCUT2D eigenvalue weighted by Gasteiger charge is 2.26. The molecule has 2 aromatic heterocycles. The second kappa shape index (κ2) is 5.44. The highest BCUT2D eigenvalue weighted by Crippen LogP contribution is 2.21. The van der Waals surface area contributed by atoms with Crippen molar-refractivity contribution < 1.29 is 9.53 Å². The molecule has 3 rings (SSSR count). The molecule has 1 aliphatic rings. The predicted molar refractivity (Wildman–Crippen MR) is 82.1 cm³/mol. The third kappa shape index (κ3) is 3.10. The zero-order chi connectivity index (χ0) is 15.7. The standard InChI is InChI=1S/C16H20N4O2/c1-16(2,3)22-15(21)20-8-7-19-10-13(18-14(19)11-20)12-5-4-6-17-9-12/h4-6,9-10H,7-8,11H2,1-3H3. The van der Waals surface area contributed by atoms with E-state index in [-0.39, 0.29) is 6.09 Å². The van der Waals surface area contributed by atoms with Crippen LogP contribution in [0.3, 0.4) is 0 Å². The third-order valence-corrected chi connectivity index (χ3v) is 3.41. The number of nitrogens with zero attached hydrogens (tertiary/aromatic N) is 4. The van der Waals surface area contributed by atoms with E-state index < -0.39 is 5.60 Å². The largest absolute Gasteiger partial charge is 0.444 e. The number of hydrogen-bond donors (Lipinski definition) is 0. The Morgan fingerprint density at radius 2 is 2.14 bits per heavy atom. The summed E-state index contributed by atoms with van der Waals surface area (Å²) in [6.07, 6.45) is 5.26. The van der Waals surface area contributed by atoms with E-state index in [0.29, 0.717) is 13.1 Å². The van der Waals surface area contributed by atoms with Crippen LogP contribution in [0.25, 0.3) is 11.3 Å². The van der Waals surface area contributed by atoms with Crippen LogP contribution in [-0.2, 0) is 17.8 Å². The van der Waals surface area contributed by atoms with Crippen molar-refractivity contribution >= 4 is 6.09 Å². The summed E-state index contributed by atoms with van der Waals surface area (Å²) in [5.41, 5.74) is 1.38. The Morgan fingerprint density at radius 1 is 1.32 bits per heavy atom. The van der Waals surface area contributed by atoms with Crippen LogP contribution in [0.4, 0.5) is 4.79 Å². The molecule has 0 saturated carbocycles. The minimum absolute atomic E-state index is 0.287. The van der Waals surface area contributed by atoms with Crippen LogP contribution in [0.15, 0.2) is 30.7 Å². The lowest BCUT2D eigenvalue weighted by molar-refractivity contribution is 0.0195. The van der Waals surface area contributed by atoms with Gasteiger partial charge in [0.2, 0.25) is 0 Å². The second-order valence-corrected chi connectivity index (χ2v) is 6.38. The van der Waals surface area contributed by atoms with Gasteiger partial charge in [0, 0.05) is 37.2 Å². The summed E-state index contributed by atoms with van der Waals surface area (Å²) in [4.78, 5) is 22.6. The van der Waals surface area contributed by atoms with Crippen molar-refractivity contribution in [3.05, 3.63) is 36.5 Å². The molecular formula is C16H20N4O2. The van der Waals surface area contributed by atoms with Gasteiger partial charge in [0.05, 0.1) is 12.2 Å². The molecule has 1 aliphatic heterocycles. The zero-order valence-electron chi connectivity index (χ0n) is 13.1. The zero-order valence-corrected chi connectivity index (χ0v) is 13.1. The van der Waals surface area contributed by atoms with Crippen LogP contribution < -0.4 is 0 Å². The second-order valence-electron chi connectivity index (χ2n) is 6.38. The molecule has 0 radical (unpaired) electrons. The maximum absolute atomic E-state index is 12.2. The van der Waals surface area contributed by atoms with E-state index in [0.717, 1.165) is 23.6 Å². The highest BCUT2D eigenvalue weighted by atomic mass is 16.6. The van der Waals surface area contributed by atoms with Gasteiger partial charge in [0.15, 0.2) is 0 Å². The fourth-order valence-electron chi connectivity index (χ4n) is 2.39. The number of carbonyl (C=O) groups excluding carboxylic acids is 1. The fraction of sp³-hybridized carbons (Fsp3) is 0.438. The van der Waals surface area contributed by atoms with Crippen LogP contribution in [0, 0.1) is 0 Å². The molecule has 116 valence electrons. The summed E-state index contributed by atoms with van der Waals surface area (Å²) in [6, 6.07) is 3.87. The predicted octanol–water partition coefficient (Wildman–Crippen LogP) is 2.70. The van der Waals surface area contributed by atoms with Crippen LogP contribution in [-0.4, -0.2) is 37.7 Å². The van der Waals surface area contributed by atoms with Crippen LogP contribution in [0.1, 0.15) is 26.6 Å². The van der Waals surface area contributed by atoms with Crippen molar-refractivity contribution in [3.63, 3.8) is 0 Å². The lowest BCUT2D eigenvalue weighted by Gasteiger charge is -2.30. The number of imidazole rings is 1. The van der Waals surface area contributed by atoms with Crippen molar-refractivity contribution in [1.29, 1.82) is 0 Å². The molecule has 0 spiro atoms. The van der Waals surface area contributed by atoms with Gasteiger partial charge in [0.1, 0.15) is 11.4 Å². The number of fused-ring (bicyclic) bond motifs is 1. The van der Waals surface area contributed by atoms with Gasteiger partial charge in [-0.2, -0.15) is 0 Å². The fourth-order valence-corrected chi connectivity index (χ4v) is 2.39. The quantitative estimate of drug-likeness (QED) is 0.812. The van der Waals surface area contributed by atoms with Crippen molar-refractivity contribution in [2.75, 3.05) is 6.54 Å². The number of carbonyl (C=O) groups is 1. The van der Waals surface area contributed by atoms with E-state index in [2.05, 4.69) is 14.5 Å². The summed E-state index contributed by atoms with van der Waals surface area (Å²) < 4.78 is 7.51.